The van der Waals surface area contributed by atoms with Crippen molar-refractivity contribution in [2.24, 2.45) is 0 Å². The summed E-state index contributed by atoms with van der Waals surface area (Å²) in [5.74, 6) is 0.331. The van der Waals surface area contributed by atoms with Crippen LogP contribution in [0.1, 0.15) is 17.0 Å². The lowest BCUT2D eigenvalue weighted by atomic mass is 10.1. The Bertz CT molecular complexity index is 591. The van der Waals surface area contributed by atoms with E-state index in [1.54, 1.807) is 6.07 Å². The third-order valence-electron chi connectivity index (χ3n) is 2.95. The van der Waals surface area contributed by atoms with Crippen molar-refractivity contribution in [3.63, 3.8) is 0 Å². The summed E-state index contributed by atoms with van der Waals surface area (Å²) in [5.41, 5.74) is 3.77. The van der Waals surface area contributed by atoms with Crippen LogP contribution in [0.25, 0.3) is 11.4 Å². The molecule has 0 fully saturated rings. The second-order valence-electron chi connectivity index (χ2n) is 4.35. The molecule has 5 heteroatoms. The number of hydrogen-bond donors (Lipinski definition) is 1. The van der Waals surface area contributed by atoms with Gasteiger partial charge in [0.25, 0.3) is 0 Å². The molecule has 0 aliphatic carbocycles. The number of aryl methyl sites for hydroxylation is 2. The Morgan fingerprint density at radius 2 is 1.84 bits per heavy atom. The summed E-state index contributed by atoms with van der Waals surface area (Å²) in [4.78, 5) is 9.02. The van der Waals surface area contributed by atoms with E-state index in [1.807, 2.05) is 20.9 Å². The zero-order valence-electron chi connectivity index (χ0n) is 11.1. The van der Waals surface area contributed by atoms with Crippen LogP contribution in [0.4, 0.5) is 4.39 Å². The Morgan fingerprint density at radius 3 is 2.37 bits per heavy atom. The van der Waals surface area contributed by atoms with Gasteiger partial charge in [0, 0.05) is 33.5 Å². The normalized spacial score (nSPS) is 10.8. The van der Waals surface area contributed by atoms with Crippen molar-refractivity contribution < 1.29 is 4.39 Å². The van der Waals surface area contributed by atoms with Crippen molar-refractivity contribution >= 4 is 15.9 Å². The van der Waals surface area contributed by atoms with Gasteiger partial charge in [-0.3, -0.25) is 0 Å². The van der Waals surface area contributed by atoms with Crippen LogP contribution in [-0.4, -0.2) is 17.0 Å². The highest BCUT2D eigenvalue weighted by Crippen LogP contribution is 2.27. The first kappa shape index (κ1) is 14.1. The third kappa shape index (κ3) is 2.98. The summed E-state index contributed by atoms with van der Waals surface area (Å²) in [6.07, 6.45) is 0. The van der Waals surface area contributed by atoms with Gasteiger partial charge in [-0.25, -0.2) is 14.4 Å². The average Bonchev–Trinajstić information content (AvgIpc) is 2.33. The number of benzene rings is 1. The van der Waals surface area contributed by atoms with Crippen molar-refractivity contribution in [3.8, 4) is 11.4 Å². The second-order valence-corrected chi connectivity index (χ2v) is 5.21. The van der Waals surface area contributed by atoms with Gasteiger partial charge in [0.05, 0.1) is 0 Å². The first-order valence-electron chi connectivity index (χ1n) is 5.97. The van der Waals surface area contributed by atoms with E-state index < -0.39 is 0 Å². The topological polar surface area (TPSA) is 37.8 Å². The first-order chi connectivity index (χ1) is 9.02. The van der Waals surface area contributed by atoms with Crippen LogP contribution < -0.4 is 5.32 Å². The molecule has 0 radical (unpaired) electrons. The van der Waals surface area contributed by atoms with E-state index in [0.717, 1.165) is 29.1 Å². The van der Waals surface area contributed by atoms with Crippen LogP contribution in [0, 0.1) is 19.7 Å². The molecule has 1 heterocycles. The monoisotopic (exact) mass is 323 g/mol. The van der Waals surface area contributed by atoms with Gasteiger partial charge in [-0.2, -0.15) is 0 Å². The predicted molar refractivity (Wildman–Crippen MR) is 77.4 cm³/mol. The Balaban J connectivity index is 2.52. The minimum Gasteiger partial charge on any atom is -0.316 e. The molecule has 1 aromatic heterocycles. The van der Waals surface area contributed by atoms with E-state index in [1.165, 1.54) is 12.1 Å². The number of nitrogens with zero attached hydrogens (tertiary/aromatic N) is 2. The van der Waals surface area contributed by atoms with Crippen molar-refractivity contribution in [3.05, 3.63) is 45.4 Å². The zero-order chi connectivity index (χ0) is 14.0. The fourth-order valence-electron chi connectivity index (χ4n) is 1.96. The van der Waals surface area contributed by atoms with Crippen molar-refractivity contribution in [1.82, 2.24) is 15.3 Å². The number of rotatable bonds is 3. The van der Waals surface area contributed by atoms with Gasteiger partial charge in [-0.1, -0.05) is 0 Å². The Hall–Kier alpha value is -1.33. The SMILES string of the molecule is CNCc1c(C)nc(-c2ccc(F)cc2Br)nc1C. The molecule has 0 aliphatic heterocycles. The van der Waals surface area contributed by atoms with E-state index in [-0.39, 0.29) is 5.82 Å². The van der Waals surface area contributed by atoms with Crippen LogP contribution in [0.3, 0.4) is 0 Å². The van der Waals surface area contributed by atoms with E-state index >= 15 is 0 Å². The molecule has 1 N–H and O–H groups in total. The highest BCUT2D eigenvalue weighted by Gasteiger charge is 2.12. The van der Waals surface area contributed by atoms with Gasteiger partial charge in [0.15, 0.2) is 5.82 Å². The van der Waals surface area contributed by atoms with Crippen molar-refractivity contribution in [2.45, 2.75) is 20.4 Å². The summed E-state index contributed by atoms with van der Waals surface area (Å²) in [5, 5.41) is 3.10. The van der Waals surface area contributed by atoms with Crippen LogP contribution in [0.15, 0.2) is 22.7 Å². The van der Waals surface area contributed by atoms with Gasteiger partial charge < -0.3 is 5.32 Å². The molecule has 0 amide bonds. The van der Waals surface area contributed by atoms with Crippen LogP contribution >= 0.6 is 15.9 Å². The maximum Gasteiger partial charge on any atom is 0.160 e. The summed E-state index contributed by atoms with van der Waals surface area (Å²) in [6, 6.07) is 4.52. The molecule has 0 unspecified atom stereocenters. The quantitative estimate of drug-likeness (QED) is 0.940. The van der Waals surface area contributed by atoms with E-state index in [0.29, 0.717) is 10.3 Å². The standard InChI is InChI=1S/C14H15BrFN3/c1-8-12(7-17-3)9(2)19-14(18-8)11-5-4-10(16)6-13(11)15/h4-6,17H,7H2,1-3H3. The van der Waals surface area contributed by atoms with Crippen LogP contribution in [0.5, 0.6) is 0 Å². The minimum atomic E-state index is -0.282. The van der Waals surface area contributed by atoms with Crippen molar-refractivity contribution in [1.29, 1.82) is 0 Å². The van der Waals surface area contributed by atoms with E-state index in [2.05, 4.69) is 31.2 Å². The average molecular weight is 324 g/mol. The molecule has 0 aliphatic rings. The molecule has 2 aromatic rings. The minimum absolute atomic E-state index is 0.282. The second kappa shape index (κ2) is 5.75. The fraction of sp³-hybridized carbons (Fsp3) is 0.286. The summed E-state index contributed by atoms with van der Waals surface area (Å²) in [6.45, 7) is 4.66. The molecule has 2 rings (SSSR count). The molecule has 3 nitrogen and oxygen atoms in total. The molecule has 1 aromatic carbocycles. The zero-order valence-corrected chi connectivity index (χ0v) is 12.7. The maximum absolute atomic E-state index is 13.1. The Morgan fingerprint density at radius 1 is 1.21 bits per heavy atom. The summed E-state index contributed by atoms with van der Waals surface area (Å²) in [7, 11) is 1.89. The molecule has 0 bridgehead atoms. The largest absolute Gasteiger partial charge is 0.316 e. The lowest BCUT2D eigenvalue weighted by molar-refractivity contribution is 0.627. The third-order valence-corrected chi connectivity index (χ3v) is 3.60. The van der Waals surface area contributed by atoms with Gasteiger partial charge in [0.2, 0.25) is 0 Å². The van der Waals surface area contributed by atoms with Crippen LogP contribution in [0.2, 0.25) is 0 Å². The number of aromatic nitrogens is 2. The van der Waals surface area contributed by atoms with E-state index in [9.17, 15) is 4.39 Å². The lowest BCUT2D eigenvalue weighted by Crippen LogP contribution is -2.11. The predicted octanol–water partition coefficient (Wildman–Crippen LogP) is 3.38. The summed E-state index contributed by atoms with van der Waals surface area (Å²) < 4.78 is 13.8. The number of hydrogen-bond acceptors (Lipinski definition) is 3. The molecule has 0 spiro atoms. The smallest absolute Gasteiger partial charge is 0.160 e. The fourth-order valence-corrected chi connectivity index (χ4v) is 2.49. The number of nitrogens with one attached hydrogen (secondary N) is 1. The Kier molecular flexibility index (Phi) is 4.27. The molecule has 0 saturated carbocycles. The van der Waals surface area contributed by atoms with E-state index in [4.69, 9.17) is 0 Å². The van der Waals surface area contributed by atoms with Gasteiger partial charge in [0.1, 0.15) is 5.82 Å². The first-order valence-corrected chi connectivity index (χ1v) is 6.76. The molecule has 100 valence electrons. The molecule has 0 atom stereocenters. The maximum atomic E-state index is 13.1. The van der Waals surface area contributed by atoms with Crippen LogP contribution in [-0.2, 0) is 6.54 Å². The molecule has 19 heavy (non-hydrogen) atoms. The summed E-state index contributed by atoms with van der Waals surface area (Å²) >= 11 is 3.35. The van der Waals surface area contributed by atoms with Gasteiger partial charge in [-0.15, -0.1) is 0 Å². The lowest BCUT2D eigenvalue weighted by Gasteiger charge is -2.11. The van der Waals surface area contributed by atoms with Crippen molar-refractivity contribution in [2.75, 3.05) is 7.05 Å². The number of halogens is 2. The highest BCUT2D eigenvalue weighted by atomic mass is 79.9. The molecular formula is C14H15BrFN3. The molecular weight excluding hydrogens is 309 g/mol. The Labute approximate surface area is 120 Å². The highest BCUT2D eigenvalue weighted by molar-refractivity contribution is 9.10. The molecule has 0 saturated heterocycles. The van der Waals surface area contributed by atoms with Gasteiger partial charge in [-0.05, 0) is 55.0 Å². The van der Waals surface area contributed by atoms with Gasteiger partial charge >= 0.3 is 0 Å².